The van der Waals surface area contributed by atoms with Gasteiger partial charge in [0.05, 0.1) is 5.60 Å². The second-order valence-electron chi connectivity index (χ2n) is 3.70. The molecule has 1 heterocycles. The highest BCUT2D eigenvalue weighted by Crippen LogP contribution is 2.29. The fourth-order valence-corrected chi connectivity index (χ4v) is 2.34. The predicted octanol–water partition coefficient (Wildman–Crippen LogP) is 2.08. The fraction of sp³-hybridized carbons (Fsp3) is 0.750. The van der Waals surface area contributed by atoms with Crippen LogP contribution < -0.4 is 5.32 Å². The first-order valence-corrected chi connectivity index (χ1v) is 6.77. The average molecular weight is 287 g/mol. The van der Waals surface area contributed by atoms with Crippen molar-refractivity contribution in [2.75, 3.05) is 23.9 Å². The normalized spacial score (nSPS) is 15.6. The third-order valence-electron chi connectivity index (χ3n) is 1.76. The highest BCUT2D eigenvalue weighted by molar-refractivity contribution is 7.98. The molecule has 0 bridgehead atoms. The minimum absolute atomic E-state index is 0.0544. The number of nitrogens with zero attached hydrogens (tertiary/aromatic N) is 2. The third-order valence-corrected chi connectivity index (χ3v) is 3.34. The van der Waals surface area contributed by atoms with Crippen molar-refractivity contribution in [1.29, 1.82) is 0 Å². The predicted molar refractivity (Wildman–Crippen MR) is 62.4 cm³/mol. The molecule has 1 unspecified atom stereocenters. The number of hydrogen-bond donors (Lipinski definition) is 2. The van der Waals surface area contributed by atoms with Gasteiger partial charge in [0, 0.05) is 23.8 Å². The molecular formula is C8H12F3N3OS2. The molecule has 9 heteroatoms. The van der Waals surface area contributed by atoms with Crippen molar-refractivity contribution < 1.29 is 18.3 Å². The van der Waals surface area contributed by atoms with Crippen LogP contribution >= 0.6 is 23.3 Å². The van der Waals surface area contributed by atoms with Gasteiger partial charge in [-0.3, -0.25) is 0 Å². The van der Waals surface area contributed by atoms with Gasteiger partial charge in [0.25, 0.3) is 0 Å². The highest BCUT2D eigenvalue weighted by Gasteiger charge is 2.36. The molecule has 1 aromatic heterocycles. The number of thioether (sulfide) groups is 1. The number of rotatable bonds is 5. The van der Waals surface area contributed by atoms with Gasteiger partial charge in [-0.05, 0) is 13.2 Å². The SMILES string of the molecule is CSCC(C)(O)CNc1nc(C(F)(F)F)ns1. The molecule has 0 aromatic carbocycles. The molecule has 2 N–H and O–H groups in total. The van der Waals surface area contributed by atoms with E-state index in [0.29, 0.717) is 17.3 Å². The smallest absolute Gasteiger partial charge is 0.387 e. The standard InChI is InChI=1S/C8H12F3N3OS2/c1-7(15,4-16-2)3-12-6-13-5(14-17-6)8(9,10)11/h15H,3-4H2,1-2H3,(H,12,13,14). The lowest BCUT2D eigenvalue weighted by molar-refractivity contribution is -0.144. The molecular weight excluding hydrogens is 275 g/mol. The minimum atomic E-state index is -4.53. The molecule has 4 nitrogen and oxygen atoms in total. The van der Waals surface area contributed by atoms with Crippen LogP contribution in [-0.2, 0) is 6.18 Å². The zero-order valence-electron chi connectivity index (χ0n) is 9.21. The van der Waals surface area contributed by atoms with Gasteiger partial charge in [-0.15, -0.1) is 0 Å². The van der Waals surface area contributed by atoms with Gasteiger partial charge in [0.1, 0.15) is 0 Å². The summed E-state index contributed by atoms with van der Waals surface area (Å²) in [5.74, 6) is -0.681. The van der Waals surface area contributed by atoms with Crippen molar-refractivity contribution in [2.45, 2.75) is 18.7 Å². The molecule has 0 saturated heterocycles. The van der Waals surface area contributed by atoms with E-state index in [1.807, 2.05) is 6.26 Å². The first kappa shape index (κ1) is 14.5. The summed E-state index contributed by atoms with van der Waals surface area (Å²) in [4.78, 5) is 3.30. The Morgan fingerprint density at radius 2 is 2.12 bits per heavy atom. The summed E-state index contributed by atoms with van der Waals surface area (Å²) in [5.41, 5.74) is -0.997. The topological polar surface area (TPSA) is 58.0 Å². The van der Waals surface area contributed by atoms with E-state index in [0.717, 1.165) is 0 Å². The monoisotopic (exact) mass is 287 g/mol. The van der Waals surface area contributed by atoms with E-state index in [9.17, 15) is 18.3 Å². The van der Waals surface area contributed by atoms with Gasteiger partial charge < -0.3 is 10.4 Å². The van der Waals surface area contributed by atoms with Crippen molar-refractivity contribution >= 4 is 28.4 Å². The number of hydrogen-bond acceptors (Lipinski definition) is 6. The number of anilines is 1. The van der Waals surface area contributed by atoms with Crippen LogP contribution in [-0.4, -0.2) is 38.6 Å². The maximum absolute atomic E-state index is 12.2. The first-order chi connectivity index (χ1) is 7.74. The van der Waals surface area contributed by atoms with Gasteiger partial charge >= 0.3 is 6.18 Å². The van der Waals surface area contributed by atoms with Crippen LogP contribution in [0.25, 0.3) is 0 Å². The molecule has 0 spiro atoms. The third kappa shape index (κ3) is 4.68. The van der Waals surface area contributed by atoms with Crippen LogP contribution in [0, 0.1) is 0 Å². The second kappa shape index (κ2) is 5.40. The largest absolute Gasteiger partial charge is 0.452 e. The summed E-state index contributed by atoms with van der Waals surface area (Å²) in [6, 6.07) is 0. The Bertz CT molecular complexity index is 367. The lowest BCUT2D eigenvalue weighted by Gasteiger charge is -2.21. The zero-order chi connectivity index (χ0) is 13.1. The van der Waals surface area contributed by atoms with Crippen LogP contribution in [0.2, 0.25) is 0 Å². The lowest BCUT2D eigenvalue weighted by Crippen LogP contribution is -2.36. The van der Waals surface area contributed by atoms with E-state index in [2.05, 4.69) is 14.7 Å². The van der Waals surface area contributed by atoms with Gasteiger partial charge in [-0.2, -0.15) is 34.3 Å². The lowest BCUT2D eigenvalue weighted by atomic mass is 10.1. The molecule has 0 amide bonds. The van der Waals surface area contributed by atoms with Crippen molar-refractivity contribution in [2.24, 2.45) is 0 Å². The van der Waals surface area contributed by atoms with E-state index in [1.165, 1.54) is 11.8 Å². The molecule has 0 aliphatic heterocycles. The molecule has 98 valence electrons. The maximum Gasteiger partial charge on any atom is 0.452 e. The molecule has 0 aliphatic carbocycles. The summed E-state index contributed by atoms with van der Waals surface area (Å²) in [6.45, 7) is 1.72. The Labute approximate surface area is 105 Å². The summed E-state index contributed by atoms with van der Waals surface area (Å²) >= 11 is 2.08. The molecule has 17 heavy (non-hydrogen) atoms. The molecule has 0 radical (unpaired) electrons. The molecule has 1 atom stereocenters. The van der Waals surface area contributed by atoms with Crippen LogP contribution in [0.5, 0.6) is 0 Å². The number of halogens is 3. The molecule has 0 saturated carbocycles. The Hall–Kier alpha value is -0.540. The first-order valence-electron chi connectivity index (χ1n) is 4.61. The van der Waals surface area contributed by atoms with E-state index in [-0.39, 0.29) is 11.7 Å². The van der Waals surface area contributed by atoms with Gasteiger partial charge in [-0.25, -0.2) is 0 Å². The molecule has 0 fully saturated rings. The Morgan fingerprint density at radius 3 is 2.59 bits per heavy atom. The van der Waals surface area contributed by atoms with Crippen LogP contribution in [0.15, 0.2) is 0 Å². The summed E-state index contributed by atoms with van der Waals surface area (Å²) in [6.07, 6.45) is -2.70. The Balaban J connectivity index is 2.56. The van der Waals surface area contributed by atoms with Crippen LogP contribution in [0.1, 0.15) is 12.7 Å². The second-order valence-corrected chi connectivity index (χ2v) is 5.32. The van der Waals surface area contributed by atoms with Crippen LogP contribution in [0.4, 0.5) is 18.3 Å². The molecule has 1 aromatic rings. The Morgan fingerprint density at radius 1 is 1.47 bits per heavy atom. The van der Waals surface area contributed by atoms with Crippen molar-refractivity contribution in [3.05, 3.63) is 5.82 Å². The molecule has 1 rings (SSSR count). The minimum Gasteiger partial charge on any atom is -0.387 e. The zero-order valence-corrected chi connectivity index (χ0v) is 10.8. The highest BCUT2D eigenvalue weighted by atomic mass is 32.2. The van der Waals surface area contributed by atoms with E-state index < -0.39 is 17.6 Å². The maximum atomic E-state index is 12.2. The molecule has 0 aliphatic rings. The van der Waals surface area contributed by atoms with Gasteiger partial charge in [0.2, 0.25) is 11.0 Å². The average Bonchev–Trinajstić information content (AvgIpc) is 2.62. The van der Waals surface area contributed by atoms with Gasteiger partial charge in [0.15, 0.2) is 0 Å². The number of nitrogens with one attached hydrogen (secondary N) is 1. The summed E-state index contributed by atoms with van der Waals surface area (Å²) in [5, 5.41) is 12.5. The van der Waals surface area contributed by atoms with E-state index >= 15 is 0 Å². The van der Waals surface area contributed by atoms with Crippen molar-refractivity contribution in [1.82, 2.24) is 9.36 Å². The van der Waals surface area contributed by atoms with Crippen LogP contribution in [0.3, 0.4) is 0 Å². The quantitative estimate of drug-likeness (QED) is 0.868. The summed E-state index contributed by atoms with van der Waals surface area (Å²) in [7, 11) is 0. The van der Waals surface area contributed by atoms with E-state index in [4.69, 9.17) is 0 Å². The summed E-state index contributed by atoms with van der Waals surface area (Å²) < 4.78 is 39.8. The number of aromatic nitrogens is 2. The number of aliphatic hydroxyl groups is 1. The van der Waals surface area contributed by atoms with Gasteiger partial charge in [-0.1, -0.05) is 0 Å². The van der Waals surface area contributed by atoms with Crippen molar-refractivity contribution in [3.8, 4) is 0 Å². The fourth-order valence-electron chi connectivity index (χ4n) is 1.04. The van der Waals surface area contributed by atoms with Crippen molar-refractivity contribution in [3.63, 3.8) is 0 Å². The van der Waals surface area contributed by atoms with E-state index in [1.54, 1.807) is 6.92 Å². The number of alkyl halides is 3. The Kier molecular flexibility index (Phi) is 4.62.